The van der Waals surface area contributed by atoms with Crippen molar-refractivity contribution in [3.63, 3.8) is 0 Å². The van der Waals surface area contributed by atoms with Crippen molar-refractivity contribution >= 4 is 50.9 Å². The predicted octanol–water partition coefficient (Wildman–Crippen LogP) is 5.80. The monoisotopic (exact) mass is 436 g/mol. The summed E-state index contributed by atoms with van der Waals surface area (Å²) in [7, 11) is 0. The molecule has 1 aliphatic heterocycles. The van der Waals surface area contributed by atoms with Crippen LogP contribution in [0.2, 0.25) is 5.02 Å². The molecule has 0 bridgehead atoms. The van der Waals surface area contributed by atoms with Crippen LogP contribution in [0, 0.1) is 12.7 Å². The average molecular weight is 437 g/mol. The van der Waals surface area contributed by atoms with Gasteiger partial charge in [0.25, 0.3) is 0 Å². The lowest BCUT2D eigenvalue weighted by molar-refractivity contribution is 0.613. The molecule has 2 aromatic carbocycles. The molecule has 30 heavy (non-hydrogen) atoms. The summed E-state index contributed by atoms with van der Waals surface area (Å²) in [6, 6.07) is 13.0. The molecular weight excluding hydrogens is 419 g/mol. The minimum absolute atomic E-state index is 0.322. The van der Waals surface area contributed by atoms with E-state index in [1.54, 1.807) is 29.7 Å². The third-order valence-corrected chi connectivity index (χ3v) is 6.56. The van der Waals surface area contributed by atoms with Gasteiger partial charge in [0.05, 0.1) is 21.9 Å². The van der Waals surface area contributed by atoms with Gasteiger partial charge in [0.1, 0.15) is 18.3 Å². The van der Waals surface area contributed by atoms with E-state index in [1.807, 2.05) is 11.4 Å². The molecule has 2 N–H and O–H groups in total. The molecule has 0 radical (unpaired) electrons. The van der Waals surface area contributed by atoms with E-state index in [1.165, 1.54) is 6.07 Å². The number of halogens is 2. The van der Waals surface area contributed by atoms with E-state index in [-0.39, 0.29) is 5.82 Å². The second kappa shape index (κ2) is 7.38. The highest BCUT2D eigenvalue weighted by Gasteiger charge is 2.24. The zero-order chi connectivity index (χ0) is 20.8. The van der Waals surface area contributed by atoms with E-state index in [0.29, 0.717) is 29.5 Å². The van der Waals surface area contributed by atoms with Crippen molar-refractivity contribution in [2.45, 2.75) is 13.3 Å². The molecular formula is C23H18ClFN4S. The highest BCUT2D eigenvalue weighted by molar-refractivity contribution is 7.12. The summed E-state index contributed by atoms with van der Waals surface area (Å²) in [5.74, 6) is 0.257. The number of nitrogens with two attached hydrogens (primary N) is 1. The third-order valence-electron chi connectivity index (χ3n) is 5.39. The largest absolute Gasteiger partial charge is 0.383 e. The van der Waals surface area contributed by atoms with Crippen LogP contribution in [0.1, 0.15) is 21.7 Å². The molecule has 0 spiro atoms. The quantitative estimate of drug-likeness (QED) is 0.441. The number of thiophene rings is 1. The lowest BCUT2D eigenvalue weighted by Gasteiger charge is -2.29. The maximum Gasteiger partial charge on any atom is 0.139 e. The van der Waals surface area contributed by atoms with Gasteiger partial charge in [-0.15, -0.1) is 11.3 Å². The van der Waals surface area contributed by atoms with Crippen molar-refractivity contribution in [1.29, 1.82) is 0 Å². The summed E-state index contributed by atoms with van der Waals surface area (Å²) in [6.45, 7) is 2.54. The van der Waals surface area contributed by atoms with Crippen LogP contribution in [0.3, 0.4) is 0 Å². The van der Waals surface area contributed by atoms with Crippen molar-refractivity contribution < 1.29 is 4.39 Å². The lowest BCUT2D eigenvalue weighted by atomic mass is 9.99. The maximum atomic E-state index is 14.4. The molecule has 0 atom stereocenters. The number of hydrogen-bond donors (Lipinski definition) is 1. The van der Waals surface area contributed by atoms with E-state index in [9.17, 15) is 4.39 Å². The lowest BCUT2D eigenvalue weighted by Crippen LogP contribution is -2.28. The predicted molar refractivity (Wildman–Crippen MR) is 123 cm³/mol. The van der Waals surface area contributed by atoms with Gasteiger partial charge in [-0.1, -0.05) is 29.8 Å². The number of amidine groups is 1. The van der Waals surface area contributed by atoms with Gasteiger partial charge < -0.3 is 10.6 Å². The van der Waals surface area contributed by atoms with Gasteiger partial charge in [0.15, 0.2) is 0 Å². The Labute approximate surface area is 182 Å². The Morgan fingerprint density at radius 3 is 2.87 bits per heavy atom. The second-order valence-electron chi connectivity index (χ2n) is 7.24. The standard InChI is InChI=1S/C23H18ClFN4S/c1-13-2-5-16-17(21(13)29-12-28-23(26)22-20(29)7-9-30-22)6-8-27-19(16)10-14-3-4-15(24)11-18(14)25/h2-9,11H,10,12H2,1H3,(H2,26,28). The number of anilines is 2. The molecule has 4 nitrogen and oxygen atoms in total. The molecule has 0 aliphatic carbocycles. The number of rotatable bonds is 3. The Balaban J connectivity index is 1.65. The third kappa shape index (κ3) is 3.13. The van der Waals surface area contributed by atoms with E-state index < -0.39 is 0 Å². The van der Waals surface area contributed by atoms with E-state index in [2.05, 4.69) is 40.0 Å². The molecule has 5 rings (SSSR count). The van der Waals surface area contributed by atoms with E-state index >= 15 is 0 Å². The fourth-order valence-electron chi connectivity index (χ4n) is 3.95. The van der Waals surface area contributed by atoms with Crippen LogP contribution >= 0.6 is 22.9 Å². The summed E-state index contributed by atoms with van der Waals surface area (Å²) < 4.78 is 14.4. The van der Waals surface area contributed by atoms with Crippen molar-refractivity contribution in [1.82, 2.24) is 4.98 Å². The second-order valence-corrected chi connectivity index (χ2v) is 8.60. The Morgan fingerprint density at radius 1 is 1.17 bits per heavy atom. The first-order chi connectivity index (χ1) is 14.5. The van der Waals surface area contributed by atoms with Crippen LogP contribution in [-0.2, 0) is 6.42 Å². The summed E-state index contributed by atoms with van der Waals surface area (Å²) >= 11 is 7.49. The number of hydrogen-bond acceptors (Lipinski definition) is 5. The van der Waals surface area contributed by atoms with Crippen LogP contribution in [-0.4, -0.2) is 17.5 Å². The number of fused-ring (bicyclic) bond motifs is 2. The molecule has 0 unspecified atom stereocenters. The minimum Gasteiger partial charge on any atom is -0.383 e. The van der Waals surface area contributed by atoms with Crippen molar-refractivity contribution in [3.05, 3.63) is 86.6 Å². The molecule has 7 heteroatoms. The fourth-order valence-corrected chi connectivity index (χ4v) is 4.92. The zero-order valence-corrected chi connectivity index (χ0v) is 17.8. The van der Waals surface area contributed by atoms with E-state index in [4.69, 9.17) is 17.3 Å². The number of nitrogens with zero attached hydrogens (tertiary/aromatic N) is 3. The number of aromatic nitrogens is 1. The number of aliphatic imine (C=N–C) groups is 1. The molecule has 2 aromatic heterocycles. The topological polar surface area (TPSA) is 54.5 Å². The van der Waals surface area contributed by atoms with Crippen LogP contribution in [0.4, 0.5) is 15.8 Å². The van der Waals surface area contributed by atoms with Gasteiger partial charge in [-0.3, -0.25) is 4.98 Å². The van der Waals surface area contributed by atoms with Crippen LogP contribution in [0.15, 0.2) is 59.0 Å². The molecule has 0 saturated carbocycles. The van der Waals surface area contributed by atoms with Gasteiger partial charge >= 0.3 is 0 Å². The minimum atomic E-state index is -0.322. The molecule has 150 valence electrons. The van der Waals surface area contributed by atoms with Gasteiger partial charge in [0, 0.05) is 28.4 Å². The Bertz CT molecular complexity index is 1310. The smallest absolute Gasteiger partial charge is 0.139 e. The number of benzene rings is 2. The zero-order valence-electron chi connectivity index (χ0n) is 16.2. The first kappa shape index (κ1) is 19.0. The van der Waals surface area contributed by atoms with Crippen molar-refractivity contribution in [2.24, 2.45) is 10.7 Å². The van der Waals surface area contributed by atoms with Gasteiger partial charge in [-0.2, -0.15) is 0 Å². The fraction of sp³-hybridized carbons (Fsp3) is 0.130. The molecule has 3 heterocycles. The molecule has 0 fully saturated rings. The number of aryl methyl sites for hydroxylation is 1. The van der Waals surface area contributed by atoms with E-state index in [0.717, 1.165) is 38.3 Å². The highest BCUT2D eigenvalue weighted by atomic mass is 35.5. The SMILES string of the molecule is Cc1ccc2c(Cc3ccc(Cl)cc3F)nccc2c1N1CN=C(N)c2sccc21. The average Bonchev–Trinajstić information content (AvgIpc) is 3.22. The molecule has 0 saturated heterocycles. The normalized spacial score (nSPS) is 13.4. The number of pyridine rings is 1. The Hall–Kier alpha value is -2.96. The first-order valence-corrected chi connectivity index (χ1v) is 10.7. The molecule has 0 amide bonds. The summed E-state index contributed by atoms with van der Waals surface area (Å²) in [5, 5.41) is 4.47. The first-order valence-electron chi connectivity index (χ1n) is 9.49. The van der Waals surface area contributed by atoms with Crippen molar-refractivity contribution in [2.75, 3.05) is 11.6 Å². The van der Waals surface area contributed by atoms with Crippen LogP contribution in [0.5, 0.6) is 0 Å². The van der Waals surface area contributed by atoms with Gasteiger partial charge in [-0.05, 0) is 47.7 Å². The Morgan fingerprint density at radius 2 is 2.03 bits per heavy atom. The van der Waals surface area contributed by atoms with Gasteiger partial charge in [-0.25, -0.2) is 9.38 Å². The van der Waals surface area contributed by atoms with Crippen molar-refractivity contribution in [3.8, 4) is 0 Å². The summed E-state index contributed by atoms with van der Waals surface area (Å²) in [6.07, 6.45) is 2.17. The summed E-state index contributed by atoms with van der Waals surface area (Å²) in [4.78, 5) is 12.2. The molecule has 1 aliphatic rings. The maximum absolute atomic E-state index is 14.4. The molecule has 4 aromatic rings. The van der Waals surface area contributed by atoms with Gasteiger partial charge in [0.2, 0.25) is 0 Å². The van der Waals surface area contributed by atoms with Crippen LogP contribution < -0.4 is 10.6 Å². The van der Waals surface area contributed by atoms with Crippen LogP contribution in [0.25, 0.3) is 10.8 Å². The Kier molecular flexibility index (Phi) is 4.68. The summed E-state index contributed by atoms with van der Waals surface area (Å²) in [5.41, 5.74) is 10.7. The highest BCUT2D eigenvalue weighted by Crippen LogP contribution is 2.40.